The van der Waals surface area contributed by atoms with Gasteiger partial charge >= 0.3 is 0 Å². The summed E-state index contributed by atoms with van der Waals surface area (Å²) in [4.78, 5) is 8.74. The number of rotatable bonds is 1. The largest absolute Gasteiger partial charge is 0.465 e. The number of fused-ring (bicyclic) bond motifs is 4. The van der Waals surface area contributed by atoms with Crippen LogP contribution in [0.25, 0.3) is 5.57 Å². The SMILES string of the molecule is NC1=N[C@@]2(CCO1)c1cc(N)ccc1Oc1c2cc(C2=CCCOC2)nc1F. The van der Waals surface area contributed by atoms with Crippen molar-refractivity contribution in [3.8, 4) is 11.5 Å². The minimum atomic E-state index is -0.949. The minimum Gasteiger partial charge on any atom is -0.465 e. The zero-order valence-corrected chi connectivity index (χ0v) is 15.1. The van der Waals surface area contributed by atoms with Gasteiger partial charge in [0, 0.05) is 23.2 Å². The van der Waals surface area contributed by atoms with Crippen LogP contribution in [0, 0.1) is 5.95 Å². The highest BCUT2D eigenvalue weighted by Gasteiger charge is 2.46. The molecule has 0 bridgehead atoms. The van der Waals surface area contributed by atoms with Crippen molar-refractivity contribution >= 4 is 17.3 Å². The van der Waals surface area contributed by atoms with Crippen LogP contribution < -0.4 is 16.2 Å². The first-order valence-electron chi connectivity index (χ1n) is 9.11. The number of nitrogen functional groups attached to an aromatic ring is 1. The van der Waals surface area contributed by atoms with E-state index in [2.05, 4.69) is 9.98 Å². The second-order valence-electron chi connectivity index (χ2n) is 7.01. The molecule has 4 N–H and O–H groups in total. The molecule has 0 saturated carbocycles. The lowest BCUT2D eigenvalue weighted by atomic mass is 9.77. The Morgan fingerprint density at radius 2 is 2.00 bits per heavy atom. The lowest BCUT2D eigenvalue weighted by molar-refractivity contribution is 0.164. The molecular weight excluding hydrogens is 363 g/mol. The van der Waals surface area contributed by atoms with Crippen molar-refractivity contribution in [1.29, 1.82) is 0 Å². The average molecular weight is 382 g/mol. The number of aliphatic imine (C=N–C) groups is 1. The van der Waals surface area contributed by atoms with E-state index in [1.165, 1.54) is 0 Å². The van der Waals surface area contributed by atoms with Crippen LogP contribution in [-0.4, -0.2) is 30.8 Å². The van der Waals surface area contributed by atoms with Gasteiger partial charge in [0.1, 0.15) is 11.3 Å². The van der Waals surface area contributed by atoms with Gasteiger partial charge < -0.3 is 25.7 Å². The fraction of sp³-hybridized carbons (Fsp3) is 0.300. The fourth-order valence-electron chi connectivity index (χ4n) is 3.99. The van der Waals surface area contributed by atoms with Gasteiger partial charge in [0.05, 0.1) is 25.5 Å². The Hall–Kier alpha value is -3.13. The number of hydrogen-bond donors (Lipinski definition) is 2. The number of ether oxygens (including phenoxy) is 3. The molecule has 7 nitrogen and oxygen atoms in total. The van der Waals surface area contributed by atoms with Gasteiger partial charge in [-0.05, 0) is 36.3 Å². The molecule has 4 heterocycles. The van der Waals surface area contributed by atoms with E-state index < -0.39 is 11.5 Å². The molecule has 0 unspecified atom stereocenters. The van der Waals surface area contributed by atoms with Crippen molar-refractivity contribution in [2.24, 2.45) is 10.7 Å². The molecule has 0 radical (unpaired) electrons. The zero-order valence-electron chi connectivity index (χ0n) is 15.1. The van der Waals surface area contributed by atoms with Crippen molar-refractivity contribution in [1.82, 2.24) is 4.98 Å². The second kappa shape index (κ2) is 6.20. The van der Waals surface area contributed by atoms with E-state index in [9.17, 15) is 0 Å². The summed E-state index contributed by atoms with van der Waals surface area (Å²) in [5, 5.41) is 0. The molecule has 1 atom stereocenters. The van der Waals surface area contributed by atoms with Crippen LogP contribution in [0.1, 0.15) is 29.7 Å². The highest BCUT2D eigenvalue weighted by Crippen LogP contribution is 2.53. The smallest absolute Gasteiger partial charge is 0.283 e. The van der Waals surface area contributed by atoms with Crippen molar-refractivity contribution < 1.29 is 18.6 Å². The number of halogens is 1. The number of aromatic nitrogens is 1. The molecular formula is C20H19FN4O3. The van der Waals surface area contributed by atoms with E-state index in [0.29, 0.717) is 48.9 Å². The summed E-state index contributed by atoms with van der Waals surface area (Å²) in [6.45, 7) is 1.38. The van der Waals surface area contributed by atoms with E-state index in [4.69, 9.17) is 25.7 Å². The molecule has 3 aliphatic heterocycles. The molecule has 144 valence electrons. The van der Waals surface area contributed by atoms with E-state index in [1.54, 1.807) is 18.2 Å². The molecule has 1 aromatic heterocycles. The quantitative estimate of drug-likeness (QED) is 0.580. The van der Waals surface area contributed by atoms with Crippen LogP contribution in [0.15, 0.2) is 35.3 Å². The van der Waals surface area contributed by atoms with Crippen LogP contribution >= 0.6 is 0 Å². The molecule has 0 aliphatic carbocycles. The van der Waals surface area contributed by atoms with Crippen molar-refractivity contribution in [3.05, 3.63) is 53.1 Å². The van der Waals surface area contributed by atoms with Crippen LogP contribution in [0.2, 0.25) is 0 Å². The summed E-state index contributed by atoms with van der Waals surface area (Å²) in [6.07, 6.45) is 3.25. The normalized spacial score (nSPS) is 23.0. The molecule has 8 heteroatoms. The first-order valence-corrected chi connectivity index (χ1v) is 9.11. The highest BCUT2D eigenvalue weighted by atomic mass is 19.1. The molecule has 3 aliphatic rings. The van der Waals surface area contributed by atoms with Gasteiger partial charge in [0.25, 0.3) is 12.0 Å². The Balaban J connectivity index is 1.77. The fourth-order valence-corrected chi connectivity index (χ4v) is 3.99. The maximum atomic E-state index is 15.1. The first kappa shape index (κ1) is 17.0. The molecule has 1 aromatic carbocycles. The lowest BCUT2D eigenvalue weighted by Gasteiger charge is -2.39. The lowest BCUT2D eigenvalue weighted by Crippen LogP contribution is -2.39. The molecule has 0 saturated heterocycles. The van der Waals surface area contributed by atoms with Crippen molar-refractivity contribution in [2.75, 3.05) is 25.6 Å². The van der Waals surface area contributed by atoms with Crippen molar-refractivity contribution in [3.63, 3.8) is 0 Å². The Bertz CT molecular complexity index is 1040. The summed E-state index contributed by atoms with van der Waals surface area (Å²) >= 11 is 0. The topological polar surface area (TPSA) is 105 Å². The van der Waals surface area contributed by atoms with E-state index in [1.807, 2.05) is 12.1 Å². The molecule has 0 fully saturated rings. The van der Waals surface area contributed by atoms with Gasteiger partial charge in [-0.1, -0.05) is 6.08 Å². The van der Waals surface area contributed by atoms with Gasteiger partial charge in [-0.15, -0.1) is 0 Å². The molecule has 1 spiro atoms. The maximum absolute atomic E-state index is 15.1. The maximum Gasteiger partial charge on any atom is 0.283 e. The Kier molecular flexibility index (Phi) is 3.77. The minimum absolute atomic E-state index is 0.0476. The third-order valence-corrected chi connectivity index (χ3v) is 5.29. The summed E-state index contributed by atoms with van der Waals surface area (Å²) in [7, 11) is 0. The number of hydrogen-bond acceptors (Lipinski definition) is 7. The van der Waals surface area contributed by atoms with Gasteiger partial charge in [-0.2, -0.15) is 4.39 Å². The van der Waals surface area contributed by atoms with Gasteiger partial charge in [-0.3, -0.25) is 0 Å². The number of anilines is 1. The predicted octanol–water partition coefficient (Wildman–Crippen LogP) is 2.69. The summed E-state index contributed by atoms with van der Waals surface area (Å²) in [5.41, 5.74) is 14.2. The molecule has 0 amide bonds. The Morgan fingerprint density at radius 3 is 2.79 bits per heavy atom. The van der Waals surface area contributed by atoms with Gasteiger partial charge in [0.2, 0.25) is 0 Å². The summed E-state index contributed by atoms with van der Waals surface area (Å²) in [5.74, 6) is -0.160. The highest BCUT2D eigenvalue weighted by molar-refractivity contribution is 5.76. The van der Waals surface area contributed by atoms with Crippen LogP contribution in [0.3, 0.4) is 0 Å². The van der Waals surface area contributed by atoms with Crippen LogP contribution in [-0.2, 0) is 15.0 Å². The number of nitrogens with zero attached hydrogens (tertiary/aromatic N) is 2. The van der Waals surface area contributed by atoms with Gasteiger partial charge in [0.15, 0.2) is 5.75 Å². The number of pyridine rings is 1. The predicted molar refractivity (Wildman–Crippen MR) is 102 cm³/mol. The third-order valence-electron chi connectivity index (χ3n) is 5.29. The average Bonchev–Trinajstić information content (AvgIpc) is 2.70. The summed E-state index contributed by atoms with van der Waals surface area (Å²) < 4.78 is 31.8. The van der Waals surface area contributed by atoms with Crippen LogP contribution in [0.5, 0.6) is 11.5 Å². The number of nitrogens with two attached hydrogens (primary N) is 2. The standard InChI is InChI=1S/C20H19FN4O3/c21-18-17-14(9-15(24-18)11-2-1-6-26-10-11)20(5-7-27-19(23)25-20)13-8-12(22)3-4-16(13)28-17/h2-4,8-9H,1,5-7,10,22H2,(H2,23,25)/t20-/m0/s1. The summed E-state index contributed by atoms with van der Waals surface area (Å²) in [6, 6.07) is 7.07. The van der Waals surface area contributed by atoms with Crippen molar-refractivity contribution in [2.45, 2.75) is 18.4 Å². The molecule has 28 heavy (non-hydrogen) atoms. The Labute approximate surface area is 160 Å². The van der Waals surface area contributed by atoms with Crippen LogP contribution in [0.4, 0.5) is 10.1 Å². The third kappa shape index (κ3) is 2.52. The monoisotopic (exact) mass is 382 g/mol. The number of amidine groups is 1. The van der Waals surface area contributed by atoms with Gasteiger partial charge in [-0.25, -0.2) is 9.98 Å². The molecule has 2 aromatic rings. The first-order chi connectivity index (χ1) is 13.6. The van der Waals surface area contributed by atoms with E-state index in [0.717, 1.165) is 17.6 Å². The number of benzene rings is 1. The molecule has 5 rings (SSSR count). The Morgan fingerprint density at radius 1 is 1.11 bits per heavy atom. The zero-order chi connectivity index (χ0) is 19.3. The van der Waals surface area contributed by atoms with E-state index in [-0.39, 0.29) is 11.8 Å². The van der Waals surface area contributed by atoms with E-state index >= 15 is 4.39 Å². The second-order valence-corrected chi connectivity index (χ2v) is 7.01.